The lowest BCUT2D eigenvalue weighted by Crippen LogP contribution is -2.23. The second-order valence-corrected chi connectivity index (χ2v) is 6.77. The van der Waals surface area contributed by atoms with Crippen LogP contribution in [-0.2, 0) is 4.79 Å². The summed E-state index contributed by atoms with van der Waals surface area (Å²) in [5.74, 6) is -0.772. The summed E-state index contributed by atoms with van der Waals surface area (Å²) in [7, 11) is 0. The molecule has 0 saturated carbocycles. The van der Waals surface area contributed by atoms with Crippen LogP contribution in [0.25, 0.3) is 0 Å². The van der Waals surface area contributed by atoms with Gasteiger partial charge in [0.2, 0.25) is 5.91 Å². The van der Waals surface area contributed by atoms with Crippen molar-refractivity contribution in [3.63, 3.8) is 0 Å². The van der Waals surface area contributed by atoms with Gasteiger partial charge in [-0.15, -0.1) is 11.8 Å². The highest BCUT2D eigenvalue weighted by Crippen LogP contribution is 2.26. The first-order chi connectivity index (χ1) is 9.95. The highest BCUT2D eigenvalue weighted by molar-refractivity contribution is 9.10. The minimum atomic E-state index is -0.501. The van der Waals surface area contributed by atoms with Gasteiger partial charge in [-0.2, -0.15) is 0 Å². The quantitative estimate of drug-likeness (QED) is 0.625. The summed E-state index contributed by atoms with van der Waals surface area (Å²) in [6.45, 7) is 1.77. The van der Waals surface area contributed by atoms with Gasteiger partial charge in [0, 0.05) is 15.1 Å². The maximum Gasteiger partial charge on any atom is 0.237 e. The van der Waals surface area contributed by atoms with Gasteiger partial charge in [0.05, 0.1) is 10.9 Å². The molecule has 0 aromatic heterocycles. The number of nitrogens with one attached hydrogen (secondary N) is 1. The third-order valence-corrected chi connectivity index (χ3v) is 4.38. The first-order valence-corrected chi connectivity index (χ1v) is 7.91. The molecule has 110 valence electrons. The predicted molar refractivity (Wildman–Crippen MR) is 88.9 cm³/mol. The minimum Gasteiger partial charge on any atom is -0.399 e. The van der Waals surface area contributed by atoms with Crippen molar-refractivity contribution >= 4 is 45.0 Å². The van der Waals surface area contributed by atoms with Crippen LogP contribution in [0.2, 0.25) is 0 Å². The summed E-state index contributed by atoms with van der Waals surface area (Å²) in [6.07, 6.45) is 0. The van der Waals surface area contributed by atoms with E-state index in [1.807, 2.05) is 24.3 Å². The highest BCUT2D eigenvalue weighted by Gasteiger charge is 2.16. The molecule has 0 aliphatic carbocycles. The molecule has 0 fully saturated rings. The van der Waals surface area contributed by atoms with Gasteiger partial charge in [-0.1, -0.05) is 15.9 Å². The van der Waals surface area contributed by atoms with Gasteiger partial charge < -0.3 is 11.1 Å². The largest absolute Gasteiger partial charge is 0.399 e. The number of hydrogen-bond donors (Lipinski definition) is 2. The zero-order chi connectivity index (χ0) is 15.4. The standard InChI is InChI=1S/C15H14BrFN2OS/c1-9(21-12-5-2-10(16)3-6-12)15(20)19-14-8-11(18)4-7-13(14)17/h2-9H,18H2,1H3,(H,19,20). The monoisotopic (exact) mass is 368 g/mol. The second-order valence-electron chi connectivity index (χ2n) is 4.44. The molecule has 0 spiro atoms. The number of halogens is 2. The van der Waals surface area contributed by atoms with Crippen LogP contribution in [0.5, 0.6) is 0 Å². The van der Waals surface area contributed by atoms with Crippen molar-refractivity contribution in [2.75, 3.05) is 11.1 Å². The Morgan fingerprint density at radius 2 is 1.95 bits per heavy atom. The number of rotatable bonds is 4. The van der Waals surface area contributed by atoms with E-state index in [0.29, 0.717) is 5.69 Å². The Morgan fingerprint density at radius 1 is 1.29 bits per heavy atom. The van der Waals surface area contributed by atoms with Gasteiger partial charge in [0.15, 0.2) is 0 Å². The molecule has 1 amide bonds. The Morgan fingerprint density at radius 3 is 2.62 bits per heavy atom. The molecule has 2 rings (SSSR count). The number of carbonyl (C=O) groups is 1. The molecule has 21 heavy (non-hydrogen) atoms. The van der Waals surface area contributed by atoms with Crippen LogP contribution >= 0.6 is 27.7 Å². The fourth-order valence-electron chi connectivity index (χ4n) is 1.64. The van der Waals surface area contributed by atoms with Crippen LogP contribution in [0.4, 0.5) is 15.8 Å². The Bertz CT molecular complexity index is 649. The van der Waals surface area contributed by atoms with Crippen LogP contribution in [-0.4, -0.2) is 11.2 Å². The van der Waals surface area contributed by atoms with Gasteiger partial charge in [-0.25, -0.2) is 4.39 Å². The summed E-state index contributed by atoms with van der Waals surface area (Å²) in [6, 6.07) is 11.7. The number of nitrogen functional groups attached to an aromatic ring is 1. The second kappa shape index (κ2) is 6.95. The molecule has 1 unspecified atom stereocenters. The van der Waals surface area contributed by atoms with E-state index in [9.17, 15) is 9.18 Å². The van der Waals surface area contributed by atoms with Crippen molar-refractivity contribution in [2.24, 2.45) is 0 Å². The van der Waals surface area contributed by atoms with E-state index >= 15 is 0 Å². The van der Waals surface area contributed by atoms with Crippen molar-refractivity contribution in [1.82, 2.24) is 0 Å². The van der Waals surface area contributed by atoms with Gasteiger partial charge >= 0.3 is 0 Å². The van der Waals surface area contributed by atoms with E-state index in [2.05, 4.69) is 21.2 Å². The molecule has 6 heteroatoms. The molecule has 0 aliphatic heterocycles. The molecule has 0 saturated heterocycles. The third kappa shape index (κ3) is 4.47. The highest BCUT2D eigenvalue weighted by atomic mass is 79.9. The van der Waals surface area contributed by atoms with E-state index in [-0.39, 0.29) is 16.8 Å². The number of nitrogens with two attached hydrogens (primary N) is 1. The molecule has 2 aromatic carbocycles. The van der Waals surface area contributed by atoms with Crippen molar-refractivity contribution in [1.29, 1.82) is 0 Å². The molecule has 1 atom stereocenters. The van der Waals surface area contributed by atoms with E-state index in [4.69, 9.17) is 5.73 Å². The van der Waals surface area contributed by atoms with Crippen LogP contribution in [0.1, 0.15) is 6.92 Å². The Kier molecular flexibility index (Phi) is 5.25. The van der Waals surface area contributed by atoms with Crippen molar-refractivity contribution in [3.8, 4) is 0 Å². The van der Waals surface area contributed by atoms with Crippen molar-refractivity contribution in [3.05, 3.63) is 52.8 Å². The summed E-state index contributed by atoms with van der Waals surface area (Å²) >= 11 is 4.76. The lowest BCUT2D eigenvalue weighted by Gasteiger charge is -2.13. The van der Waals surface area contributed by atoms with Crippen LogP contribution in [0.15, 0.2) is 51.8 Å². The van der Waals surface area contributed by atoms with E-state index < -0.39 is 5.82 Å². The van der Waals surface area contributed by atoms with E-state index in [1.165, 1.54) is 30.0 Å². The average Bonchev–Trinajstić information content (AvgIpc) is 2.45. The number of carbonyl (C=O) groups excluding carboxylic acids is 1. The number of benzene rings is 2. The zero-order valence-corrected chi connectivity index (χ0v) is 13.7. The SMILES string of the molecule is CC(Sc1ccc(Br)cc1)C(=O)Nc1cc(N)ccc1F. The minimum absolute atomic E-state index is 0.100. The fraction of sp³-hybridized carbons (Fsp3) is 0.133. The first-order valence-electron chi connectivity index (χ1n) is 6.24. The molecular formula is C15H14BrFN2OS. The molecule has 0 aliphatic rings. The normalized spacial score (nSPS) is 12.0. The lowest BCUT2D eigenvalue weighted by molar-refractivity contribution is -0.115. The van der Waals surface area contributed by atoms with E-state index in [0.717, 1.165) is 9.37 Å². The van der Waals surface area contributed by atoms with E-state index in [1.54, 1.807) is 6.92 Å². The number of amides is 1. The summed E-state index contributed by atoms with van der Waals surface area (Å²) in [5.41, 5.74) is 6.09. The number of thioether (sulfide) groups is 1. The van der Waals surface area contributed by atoms with Gasteiger partial charge in [-0.3, -0.25) is 4.79 Å². The van der Waals surface area contributed by atoms with Gasteiger partial charge in [0.1, 0.15) is 5.82 Å². The Hall–Kier alpha value is -1.53. The van der Waals surface area contributed by atoms with Crippen LogP contribution < -0.4 is 11.1 Å². The lowest BCUT2D eigenvalue weighted by atomic mass is 10.2. The van der Waals surface area contributed by atoms with Gasteiger partial charge in [0.25, 0.3) is 0 Å². The average molecular weight is 369 g/mol. The third-order valence-electron chi connectivity index (χ3n) is 2.74. The molecule has 0 heterocycles. The molecule has 3 nitrogen and oxygen atoms in total. The molecular weight excluding hydrogens is 355 g/mol. The molecule has 0 bridgehead atoms. The molecule has 2 aromatic rings. The summed E-state index contributed by atoms with van der Waals surface area (Å²) in [5, 5.41) is 2.20. The fourth-order valence-corrected chi connectivity index (χ4v) is 2.78. The van der Waals surface area contributed by atoms with Crippen molar-refractivity contribution in [2.45, 2.75) is 17.1 Å². The first kappa shape index (κ1) is 15.9. The smallest absolute Gasteiger partial charge is 0.237 e. The van der Waals surface area contributed by atoms with Crippen LogP contribution in [0, 0.1) is 5.82 Å². The topological polar surface area (TPSA) is 55.1 Å². The summed E-state index contributed by atoms with van der Waals surface area (Å²) in [4.78, 5) is 13.1. The Labute approximate surface area is 135 Å². The predicted octanol–water partition coefficient (Wildman–Crippen LogP) is 4.29. The molecule has 3 N–H and O–H groups in total. The molecule has 0 radical (unpaired) electrons. The Balaban J connectivity index is 2.02. The van der Waals surface area contributed by atoms with Gasteiger partial charge in [-0.05, 0) is 49.4 Å². The van der Waals surface area contributed by atoms with Crippen LogP contribution in [0.3, 0.4) is 0 Å². The maximum absolute atomic E-state index is 13.6. The maximum atomic E-state index is 13.6. The summed E-state index contributed by atoms with van der Waals surface area (Å²) < 4.78 is 14.6. The number of anilines is 2. The zero-order valence-electron chi connectivity index (χ0n) is 11.3. The number of hydrogen-bond acceptors (Lipinski definition) is 3. The van der Waals surface area contributed by atoms with Crippen molar-refractivity contribution < 1.29 is 9.18 Å².